The second-order valence-corrected chi connectivity index (χ2v) is 2.98. The fourth-order valence-electron chi connectivity index (χ4n) is 1.17. The Bertz CT molecular complexity index is 286. The average Bonchev–Trinajstić information content (AvgIpc) is 2.74. The second-order valence-electron chi connectivity index (χ2n) is 2.98. The molecule has 1 aliphatic carbocycles. The number of rotatable bonds is 2. The number of ketones is 1. The van der Waals surface area contributed by atoms with Crippen LogP contribution in [0.25, 0.3) is 0 Å². The molecule has 3 nitrogen and oxygen atoms in total. The third kappa shape index (κ3) is 1.06. The first-order valence-corrected chi connectivity index (χ1v) is 3.81. The SMILES string of the molecule is Cn1nccc1C(=O)C1CC1. The van der Waals surface area contributed by atoms with Crippen molar-refractivity contribution in [3.05, 3.63) is 18.0 Å². The lowest BCUT2D eigenvalue weighted by atomic mass is 10.2. The molecule has 0 radical (unpaired) electrons. The van der Waals surface area contributed by atoms with E-state index in [9.17, 15) is 4.79 Å². The lowest BCUT2D eigenvalue weighted by Crippen LogP contribution is -2.08. The van der Waals surface area contributed by atoms with E-state index in [0.29, 0.717) is 5.92 Å². The van der Waals surface area contributed by atoms with Crippen molar-refractivity contribution >= 4 is 5.78 Å². The summed E-state index contributed by atoms with van der Waals surface area (Å²) in [7, 11) is 1.80. The van der Waals surface area contributed by atoms with E-state index in [1.54, 1.807) is 24.0 Å². The van der Waals surface area contributed by atoms with Crippen molar-refractivity contribution in [3.63, 3.8) is 0 Å². The van der Waals surface area contributed by atoms with Crippen LogP contribution in [0.1, 0.15) is 23.3 Å². The first-order chi connectivity index (χ1) is 5.29. The highest BCUT2D eigenvalue weighted by Gasteiger charge is 2.31. The Kier molecular flexibility index (Phi) is 1.31. The predicted octanol–water partition coefficient (Wildman–Crippen LogP) is 1.01. The quantitative estimate of drug-likeness (QED) is 0.590. The van der Waals surface area contributed by atoms with Crippen LogP contribution in [0.5, 0.6) is 0 Å². The first-order valence-electron chi connectivity index (χ1n) is 3.81. The maximum absolute atomic E-state index is 11.4. The molecule has 1 aromatic rings. The highest BCUT2D eigenvalue weighted by atomic mass is 16.1. The van der Waals surface area contributed by atoms with Gasteiger partial charge in [-0.1, -0.05) is 0 Å². The third-order valence-electron chi connectivity index (χ3n) is 2.02. The summed E-state index contributed by atoms with van der Waals surface area (Å²) in [5.41, 5.74) is 0.743. The molecule has 3 heteroatoms. The molecule has 2 rings (SSSR count). The van der Waals surface area contributed by atoms with Crippen LogP contribution in [0, 0.1) is 5.92 Å². The molecule has 0 aliphatic heterocycles. The van der Waals surface area contributed by atoms with Crippen molar-refractivity contribution in [1.29, 1.82) is 0 Å². The van der Waals surface area contributed by atoms with Crippen LogP contribution in [0.15, 0.2) is 12.3 Å². The Labute approximate surface area is 65.0 Å². The molecule has 1 fully saturated rings. The minimum atomic E-state index is 0.255. The molecule has 0 aromatic carbocycles. The molecule has 1 heterocycles. The molecule has 0 spiro atoms. The van der Waals surface area contributed by atoms with Gasteiger partial charge in [0.1, 0.15) is 5.69 Å². The van der Waals surface area contributed by atoms with Crippen LogP contribution < -0.4 is 0 Å². The maximum atomic E-state index is 11.4. The molecule has 1 aromatic heterocycles. The van der Waals surface area contributed by atoms with Crippen LogP contribution in [0.3, 0.4) is 0 Å². The topological polar surface area (TPSA) is 34.9 Å². The van der Waals surface area contributed by atoms with E-state index in [1.165, 1.54) is 0 Å². The van der Waals surface area contributed by atoms with E-state index in [0.717, 1.165) is 18.5 Å². The number of Topliss-reactive ketones (excluding diaryl/α,β-unsaturated/α-hetero) is 1. The second kappa shape index (κ2) is 2.19. The maximum Gasteiger partial charge on any atom is 0.183 e. The molecule has 0 unspecified atom stereocenters. The van der Waals surface area contributed by atoms with E-state index < -0.39 is 0 Å². The lowest BCUT2D eigenvalue weighted by molar-refractivity contribution is 0.0958. The van der Waals surface area contributed by atoms with Gasteiger partial charge in [0.05, 0.1) is 0 Å². The zero-order valence-corrected chi connectivity index (χ0v) is 6.45. The highest BCUT2D eigenvalue weighted by Crippen LogP contribution is 2.32. The smallest absolute Gasteiger partial charge is 0.183 e. The van der Waals surface area contributed by atoms with Crippen molar-refractivity contribution in [1.82, 2.24) is 9.78 Å². The molecule has 0 bridgehead atoms. The normalized spacial score (nSPS) is 16.8. The van der Waals surface area contributed by atoms with Crippen LogP contribution in [-0.2, 0) is 7.05 Å². The fourth-order valence-corrected chi connectivity index (χ4v) is 1.17. The van der Waals surface area contributed by atoms with Gasteiger partial charge in [-0.25, -0.2) is 0 Å². The van der Waals surface area contributed by atoms with Gasteiger partial charge in [0.15, 0.2) is 5.78 Å². The number of hydrogen-bond donors (Lipinski definition) is 0. The molecule has 11 heavy (non-hydrogen) atoms. The number of nitrogens with zero attached hydrogens (tertiary/aromatic N) is 2. The minimum Gasteiger partial charge on any atom is -0.292 e. The summed E-state index contributed by atoms with van der Waals surface area (Å²) in [5, 5.41) is 3.94. The Balaban J connectivity index is 2.27. The monoisotopic (exact) mass is 150 g/mol. The van der Waals surface area contributed by atoms with Crippen molar-refractivity contribution in [2.24, 2.45) is 13.0 Å². The Hall–Kier alpha value is -1.12. The number of hydrogen-bond acceptors (Lipinski definition) is 2. The van der Waals surface area contributed by atoms with Crippen molar-refractivity contribution < 1.29 is 4.79 Å². The van der Waals surface area contributed by atoms with Crippen molar-refractivity contribution in [2.45, 2.75) is 12.8 Å². The largest absolute Gasteiger partial charge is 0.292 e. The zero-order chi connectivity index (χ0) is 7.84. The van der Waals surface area contributed by atoms with E-state index in [2.05, 4.69) is 5.10 Å². The van der Waals surface area contributed by atoms with Gasteiger partial charge in [-0.05, 0) is 18.9 Å². The summed E-state index contributed by atoms with van der Waals surface area (Å²) in [6.07, 6.45) is 3.78. The summed E-state index contributed by atoms with van der Waals surface area (Å²) in [6.45, 7) is 0. The highest BCUT2D eigenvalue weighted by molar-refractivity contribution is 5.97. The number of carbonyl (C=O) groups is 1. The van der Waals surface area contributed by atoms with Gasteiger partial charge < -0.3 is 0 Å². The molecule has 1 saturated carbocycles. The number of aryl methyl sites for hydroxylation is 1. The van der Waals surface area contributed by atoms with Gasteiger partial charge in [0, 0.05) is 19.2 Å². The molecule has 58 valence electrons. The Morgan fingerprint density at radius 2 is 2.45 bits per heavy atom. The zero-order valence-electron chi connectivity index (χ0n) is 6.45. The molecule has 0 atom stereocenters. The summed E-state index contributed by atoms with van der Waals surface area (Å²) >= 11 is 0. The van der Waals surface area contributed by atoms with Crippen LogP contribution in [-0.4, -0.2) is 15.6 Å². The van der Waals surface area contributed by atoms with E-state index in [4.69, 9.17) is 0 Å². The van der Waals surface area contributed by atoms with Gasteiger partial charge in [-0.15, -0.1) is 0 Å². The van der Waals surface area contributed by atoms with Crippen molar-refractivity contribution in [3.8, 4) is 0 Å². The average molecular weight is 150 g/mol. The van der Waals surface area contributed by atoms with Gasteiger partial charge in [0.25, 0.3) is 0 Å². The lowest BCUT2D eigenvalue weighted by Gasteiger charge is -1.96. The molecule has 1 aliphatic rings. The van der Waals surface area contributed by atoms with Gasteiger partial charge in [-0.2, -0.15) is 5.10 Å². The van der Waals surface area contributed by atoms with Gasteiger partial charge in [-0.3, -0.25) is 9.48 Å². The van der Waals surface area contributed by atoms with Crippen molar-refractivity contribution in [2.75, 3.05) is 0 Å². The summed E-state index contributed by atoms with van der Waals surface area (Å²) in [6, 6.07) is 1.78. The van der Waals surface area contributed by atoms with E-state index in [1.807, 2.05) is 0 Å². The van der Waals surface area contributed by atoms with Gasteiger partial charge in [0.2, 0.25) is 0 Å². The van der Waals surface area contributed by atoms with E-state index in [-0.39, 0.29) is 5.78 Å². The molecular formula is C8H10N2O. The Morgan fingerprint density at radius 3 is 2.91 bits per heavy atom. The summed E-state index contributed by atoms with van der Waals surface area (Å²) in [5.74, 6) is 0.551. The fraction of sp³-hybridized carbons (Fsp3) is 0.500. The molecule has 0 N–H and O–H groups in total. The number of aromatic nitrogens is 2. The minimum absolute atomic E-state index is 0.255. The Morgan fingerprint density at radius 1 is 1.73 bits per heavy atom. The molecule has 0 amide bonds. The summed E-state index contributed by atoms with van der Waals surface area (Å²) in [4.78, 5) is 11.4. The number of carbonyl (C=O) groups excluding carboxylic acids is 1. The standard InChI is InChI=1S/C8H10N2O/c1-10-7(4-5-9-10)8(11)6-2-3-6/h4-6H,2-3H2,1H3. The molecular weight excluding hydrogens is 140 g/mol. The van der Waals surface area contributed by atoms with Crippen LogP contribution >= 0.6 is 0 Å². The van der Waals surface area contributed by atoms with Gasteiger partial charge >= 0.3 is 0 Å². The first kappa shape index (κ1) is 6.58. The predicted molar refractivity (Wildman–Crippen MR) is 40.3 cm³/mol. The third-order valence-corrected chi connectivity index (χ3v) is 2.02. The van der Waals surface area contributed by atoms with Crippen LogP contribution in [0.4, 0.5) is 0 Å². The van der Waals surface area contributed by atoms with E-state index >= 15 is 0 Å². The van der Waals surface area contributed by atoms with Crippen LogP contribution in [0.2, 0.25) is 0 Å². The molecule has 0 saturated heterocycles. The summed E-state index contributed by atoms with van der Waals surface area (Å²) < 4.78 is 1.64.